The predicted octanol–water partition coefficient (Wildman–Crippen LogP) is 3.24. The molecule has 0 N–H and O–H groups in total. The van der Waals surface area contributed by atoms with E-state index in [-0.39, 0.29) is 0 Å². The molecule has 0 aromatic carbocycles. The Morgan fingerprint density at radius 1 is 0.800 bits per heavy atom. The highest BCUT2D eigenvalue weighted by atomic mass is 16.5. The first-order chi connectivity index (χ1) is 4.83. The van der Waals surface area contributed by atoms with Crippen molar-refractivity contribution < 1.29 is 4.74 Å². The number of rotatable bonds is 4. The Labute approximate surface area is 65.8 Å². The van der Waals surface area contributed by atoms with Crippen molar-refractivity contribution in [2.45, 2.75) is 47.0 Å². The normalized spacial score (nSPS) is 8.40. The molecule has 0 aliphatic heterocycles. The van der Waals surface area contributed by atoms with Crippen LogP contribution in [0.4, 0.5) is 0 Å². The van der Waals surface area contributed by atoms with E-state index in [1.165, 1.54) is 19.3 Å². The molecular formula is C9H22O. The molecule has 0 aromatic rings. The van der Waals surface area contributed by atoms with Crippen LogP contribution in [0.15, 0.2) is 0 Å². The Kier molecular flexibility index (Phi) is 20.2. The van der Waals surface area contributed by atoms with Crippen molar-refractivity contribution in [3.05, 3.63) is 0 Å². The molecule has 1 nitrogen and oxygen atoms in total. The van der Waals surface area contributed by atoms with Gasteiger partial charge in [-0.3, -0.25) is 0 Å². The number of ether oxygens (including phenoxy) is 1. The van der Waals surface area contributed by atoms with Crippen molar-refractivity contribution >= 4 is 0 Å². The van der Waals surface area contributed by atoms with E-state index in [9.17, 15) is 0 Å². The van der Waals surface area contributed by atoms with Gasteiger partial charge in [-0.1, -0.05) is 33.1 Å². The van der Waals surface area contributed by atoms with Gasteiger partial charge in [-0.25, -0.2) is 0 Å². The standard InChI is InChI=1S/C5H12.C4H10O/c2*1-3-5-4-2/h3-5H2,1-2H3;3-4H2,1-2H3. The van der Waals surface area contributed by atoms with Crippen molar-refractivity contribution in [1.29, 1.82) is 0 Å². The van der Waals surface area contributed by atoms with Gasteiger partial charge in [0.1, 0.15) is 0 Å². The van der Waals surface area contributed by atoms with Crippen LogP contribution in [0.25, 0.3) is 0 Å². The van der Waals surface area contributed by atoms with Gasteiger partial charge in [0, 0.05) is 13.2 Å². The van der Waals surface area contributed by atoms with Crippen LogP contribution in [0.1, 0.15) is 47.0 Å². The quantitative estimate of drug-likeness (QED) is 0.591. The van der Waals surface area contributed by atoms with Gasteiger partial charge in [0.2, 0.25) is 0 Å². The summed E-state index contributed by atoms with van der Waals surface area (Å²) in [6.45, 7) is 10.1. The second kappa shape index (κ2) is 16.0. The first-order valence-corrected chi connectivity index (χ1v) is 4.41. The van der Waals surface area contributed by atoms with E-state index in [0.717, 1.165) is 13.2 Å². The van der Waals surface area contributed by atoms with Gasteiger partial charge < -0.3 is 4.74 Å². The van der Waals surface area contributed by atoms with E-state index in [0.29, 0.717) is 0 Å². The Bertz CT molecular complexity index is 25.7. The molecule has 0 fully saturated rings. The van der Waals surface area contributed by atoms with E-state index in [1.54, 1.807) is 0 Å². The highest BCUT2D eigenvalue weighted by Crippen LogP contribution is 1.88. The molecule has 64 valence electrons. The van der Waals surface area contributed by atoms with Gasteiger partial charge in [-0.2, -0.15) is 0 Å². The Morgan fingerprint density at radius 3 is 1.20 bits per heavy atom. The van der Waals surface area contributed by atoms with Crippen LogP contribution >= 0.6 is 0 Å². The maximum atomic E-state index is 4.83. The molecule has 0 atom stereocenters. The van der Waals surface area contributed by atoms with Crippen molar-refractivity contribution in [2.24, 2.45) is 0 Å². The van der Waals surface area contributed by atoms with Gasteiger partial charge in [0.25, 0.3) is 0 Å². The van der Waals surface area contributed by atoms with Crippen LogP contribution in [-0.2, 0) is 4.74 Å². The molecule has 0 heterocycles. The van der Waals surface area contributed by atoms with E-state index >= 15 is 0 Å². The minimum absolute atomic E-state index is 0.844. The fraction of sp³-hybridized carbons (Fsp3) is 1.00. The van der Waals surface area contributed by atoms with Crippen molar-refractivity contribution in [1.82, 2.24) is 0 Å². The van der Waals surface area contributed by atoms with E-state index in [1.807, 2.05) is 13.8 Å². The van der Waals surface area contributed by atoms with Gasteiger partial charge in [0.05, 0.1) is 0 Å². The maximum Gasteiger partial charge on any atom is 0.0437 e. The lowest BCUT2D eigenvalue weighted by Crippen LogP contribution is -1.84. The molecule has 0 aliphatic rings. The van der Waals surface area contributed by atoms with Gasteiger partial charge in [-0.05, 0) is 13.8 Å². The molecule has 0 saturated carbocycles. The fourth-order valence-electron chi connectivity index (χ4n) is 0.558. The van der Waals surface area contributed by atoms with E-state index in [4.69, 9.17) is 4.74 Å². The van der Waals surface area contributed by atoms with Crippen LogP contribution in [0.2, 0.25) is 0 Å². The highest BCUT2D eigenvalue weighted by Gasteiger charge is 1.68. The lowest BCUT2D eigenvalue weighted by Gasteiger charge is -1.86. The van der Waals surface area contributed by atoms with Crippen LogP contribution < -0.4 is 0 Å². The second-order valence-corrected chi connectivity index (χ2v) is 2.14. The lowest BCUT2D eigenvalue weighted by atomic mass is 10.3. The average Bonchev–Trinajstić information content (AvgIpc) is 1.93. The third kappa shape index (κ3) is 24.6. The summed E-state index contributed by atoms with van der Waals surface area (Å²) in [5, 5.41) is 0. The smallest absolute Gasteiger partial charge is 0.0437 e. The minimum atomic E-state index is 0.844. The summed E-state index contributed by atoms with van der Waals surface area (Å²) in [4.78, 5) is 0. The molecule has 0 spiro atoms. The zero-order valence-corrected chi connectivity index (χ0v) is 7.94. The molecule has 0 unspecified atom stereocenters. The van der Waals surface area contributed by atoms with Gasteiger partial charge >= 0.3 is 0 Å². The summed E-state index contributed by atoms with van der Waals surface area (Å²) in [6, 6.07) is 0. The number of hydrogen-bond acceptors (Lipinski definition) is 1. The van der Waals surface area contributed by atoms with Crippen LogP contribution in [-0.4, -0.2) is 13.2 Å². The third-order valence-electron chi connectivity index (χ3n) is 1.12. The molecule has 0 radical (unpaired) electrons. The van der Waals surface area contributed by atoms with Gasteiger partial charge in [0.15, 0.2) is 0 Å². The fourth-order valence-corrected chi connectivity index (χ4v) is 0.558. The Balaban J connectivity index is 0. The predicted molar refractivity (Wildman–Crippen MR) is 47.4 cm³/mol. The van der Waals surface area contributed by atoms with Crippen LogP contribution in [0.3, 0.4) is 0 Å². The minimum Gasteiger partial charge on any atom is -0.382 e. The monoisotopic (exact) mass is 146 g/mol. The summed E-state index contributed by atoms with van der Waals surface area (Å²) in [7, 11) is 0. The molecule has 0 amide bonds. The summed E-state index contributed by atoms with van der Waals surface area (Å²) < 4.78 is 4.83. The molecule has 10 heavy (non-hydrogen) atoms. The van der Waals surface area contributed by atoms with Crippen LogP contribution in [0.5, 0.6) is 0 Å². The molecule has 0 aromatic heterocycles. The first kappa shape index (κ1) is 12.6. The SMILES string of the molecule is CCCCC.CCOCC. The number of unbranched alkanes of at least 4 members (excludes halogenated alkanes) is 2. The Hall–Kier alpha value is -0.0400. The van der Waals surface area contributed by atoms with Gasteiger partial charge in [-0.15, -0.1) is 0 Å². The van der Waals surface area contributed by atoms with Crippen molar-refractivity contribution in [2.75, 3.05) is 13.2 Å². The molecule has 0 rings (SSSR count). The third-order valence-corrected chi connectivity index (χ3v) is 1.12. The second-order valence-electron chi connectivity index (χ2n) is 2.14. The summed E-state index contributed by atoms with van der Waals surface area (Å²) in [5.41, 5.74) is 0. The number of hydrogen-bond donors (Lipinski definition) is 0. The van der Waals surface area contributed by atoms with E-state index < -0.39 is 0 Å². The zero-order valence-electron chi connectivity index (χ0n) is 7.94. The average molecular weight is 146 g/mol. The topological polar surface area (TPSA) is 9.23 Å². The largest absolute Gasteiger partial charge is 0.382 e. The maximum absolute atomic E-state index is 4.83. The van der Waals surface area contributed by atoms with Crippen molar-refractivity contribution in [3.8, 4) is 0 Å². The summed E-state index contributed by atoms with van der Waals surface area (Å²) in [5.74, 6) is 0. The molecular weight excluding hydrogens is 124 g/mol. The molecule has 0 aliphatic carbocycles. The van der Waals surface area contributed by atoms with Crippen molar-refractivity contribution in [3.63, 3.8) is 0 Å². The van der Waals surface area contributed by atoms with E-state index in [2.05, 4.69) is 13.8 Å². The Morgan fingerprint density at radius 2 is 1.20 bits per heavy atom. The highest BCUT2D eigenvalue weighted by molar-refractivity contribution is 4.24. The molecule has 0 saturated heterocycles. The summed E-state index contributed by atoms with van der Waals surface area (Å²) in [6.07, 6.45) is 4.08. The summed E-state index contributed by atoms with van der Waals surface area (Å²) >= 11 is 0. The molecule has 0 bridgehead atoms. The first-order valence-electron chi connectivity index (χ1n) is 4.41. The van der Waals surface area contributed by atoms with Crippen LogP contribution in [0, 0.1) is 0 Å². The zero-order chi connectivity index (χ0) is 8.24. The lowest BCUT2D eigenvalue weighted by molar-refractivity contribution is 0.162. The molecule has 1 heteroatoms.